The Morgan fingerprint density at radius 3 is 2.83 bits per heavy atom. The quantitative estimate of drug-likeness (QED) is 0.393. The zero-order valence-electron chi connectivity index (χ0n) is 20.4. The van der Waals surface area contributed by atoms with E-state index in [9.17, 15) is 5.26 Å². The summed E-state index contributed by atoms with van der Waals surface area (Å²) in [5.74, 6) is 2.18. The van der Waals surface area contributed by atoms with Crippen LogP contribution in [0.1, 0.15) is 43.1 Å². The molecule has 0 bridgehead atoms. The number of hydrogen-bond acceptors (Lipinski definition) is 6. The minimum Gasteiger partial charge on any atom is -0.497 e. The van der Waals surface area contributed by atoms with E-state index in [1.165, 1.54) is 0 Å². The Kier molecular flexibility index (Phi) is 6.68. The van der Waals surface area contributed by atoms with Gasteiger partial charge in [0.05, 0.1) is 54.3 Å². The van der Waals surface area contributed by atoms with Gasteiger partial charge in [-0.1, -0.05) is 30.7 Å². The standard InChI is InChI=1S/C27H30ClN5O2/c1-4-11-32(14-19-7-5-18(13-29)6-8-19)27-22-15-35-16-24(22)30-26-25(17(2)31-33(26)27)21-10-9-20(34-3)12-23(21)28/h5,7,9-10,12,18-19H,4,6,8,11,14-16H2,1-3H3. The van der Waals surface area contributed by atoms with Gasteiger partial charge in [-0.05, 0) is 50.3 Å². The van der Waals surface area contributed by atoms with Gasteiger partial charge in [0.15, 0.2) is 5.65 Å². The Morgan fingerprint density at radius 2 is 2.14 bits per heavy atom. The van der Waals surface area contributed by atoms with E-state index in [2.05, 4.69) is 30.0 Å². The van der Waals surface area contributed by atoms with Crippen molar-refractivity contribution in [1.82, 2.24) is 14.6 Å². The first kappa shape index (κ1) is 23.7. The van der Waals surface area contributed by atoms with Gasteiger partial charge in [-0.25, -0.2) is 4.98 Å². The average molecular weight is 492 g/mol. The maximum atomic E-state index is 9.26. The molecule has 8 heteroatoms. The molecule has 5 rings (SSSR count). The van der Waals surface area contributed by atoms with Crippen LogP contribution in [0.2, 0.25) is 5.02 Å². The Morgan fingerprint density at radius 1 is 1.29 bits per heavy atom. The van der Waals surface area contributed by atoms with Crippen molar-refractivity contribution >= 4 is 23.1 Å². The van der Waals surface area contributed by atoms with E-state index in [1.54, 1.807) is 7.11 Å². The second-order valence-electron chi connectivity index (χ2n) is 9.30. The molecule has 1 aromatic carbocycles. The molecule has 1 aliphatic heterocycles. The van der Waals surface area contributed by atoms with E-state index in [4.69, 9.17) is 31.2 Å². The van der Waals surface area contributed by atoms with Crippen molar-refractivity contribution in [2.24, 2.45) is 11.8 Å². The van der Waals surface area contributed by atoms with Gasteiger partial charge in [-0.3, -0.25) is 0 Å². The molecular formula is C27H30ClN5O2. The molecule has 0 saturated carbocycles. The lowest BCUT2D eigenvalue weighted by atomic mass is 9.89. The minimum atomic E-state index is 0.0294. The summed E-state index contributed by atoms with van der Waals surface area (Å²) in [6.07, 6.45) is 7.20. The van der Waals surface area contributed by atoms with E-state index < -0.39 is 0 Å². The first-order valence-electron chi connectivity index (χ1n) is 12.2. The third-order valence-electron chi connectivity index (χ3n) is 6.90. The molecule has 0 fully saturated rings. The third-order valence-corrected chi connectivity index (χ3v) is 7.22. The summed E-state index contributed by atoms with van der Waals surface area (Å²) in [6.45, 7) is 6.99. The third kappa shape index (κ3) is 4.37. The van der Waals surface area contributed by atoms with Crippen LogP contribution in [-0.2, 0) is 18.0 Å². The van der Waals surface area contributed by atoms with Gasteiger partial charge in [0.25, 0.3) is 0 Å². The van der Waals surface area contributed by atoms with Crippen LogP contribution >= 0.6 is 11.6 Å². The topological polar surface area (TPSA) is 75.7 Å². The molecule has 3 heterocycles. The zero-order valence-corrected chi connectivity index (χ0v) is 21.2. The molecule has 2 aliphatic rings. The molecule has 2 aromatic heterocycles. The molecule has 0 N–H and O–H groups in total. The number of fused-ring (bicyclic) bond motifs is 2. The number of nitrogens with zero attached hydrogens (tertiary/aromatic N) is 5. The van der Waals surface area contributed by atoms with Gasteiger partial charge < -0.3 is 14.4 Å². The lowest BCUT2D eigenvalue weighted by molar-refractivity contribution is 0.133. The lowest BCUT2D eigenvalue weighted by Gasteiger charge is -2.31. The molecule has 0 saturated heterocycles. The van der Waals surface area contributed by atoms with Crippen molar-refractivity contribution < 1.29 is 9.47 Å². The average Bonchev–Trinajstić information content (AvgIpc) is 3.46. The highest BCUT2D eigenvalue weighted by molar-refractivity contribution is 6.33. The van der Waals surface area contributed by atoms with Gasteiger partial charge in [0, 0.05) is 24.2 Å². The van der Waals surface area contributed by atoms with Crippen molar-refractivity contribution in [3.63, 3.8) is 0 Å². The fourth-order valence-electron chi connectivity index (χ4n) is 5.17. The SMILES string of the molecule is CCCN(CC1C=CC(C#N)CC1)c1c2c(nc3c(-c4ccc(OC)cc4Cl)c(C)nn13)COC2. The summed E-state index contributed by atoms with van der Waals surface area (Å²) in [7, 11) is 1.63. The van der Waals surface area contributed by atoms with Gasteiger partial charge in [-0.2, -0.15) is 14.9 Å². The van der Waals surface area contributed by atoms with Crippen LogP contribution in [0.4, 0.5) is 5.82 Å². The van der Waals surface area contributed by atoms with Crippen LogP contribution in [0, 0.1) is 30.1 Å². The molecule has 0 spiro atoms. The summed E-state index contributed by atoms with van der Waals surface area (Å²) in [6, 6.07) is 8.08. The van der Waals surface area contributed by atoms with Gasteiger partial charge in [0.1, 0.15) is 11.6 Å². The predicted molar refractivity (Wildman–Crippen MR) is 137 cm³/mol. The molecular weight excluding hydrogens is 462 g/mol. The molecule has 2 atom stereocenters. The van der Waals surface area contributed by atoms with E-state index in [0.29, 0.717) is 29.9 Å². The van der Waals surface area contributed by atoms with E-state index in [-0.39, 0.29) is 5.92 Å². The highest BCUT2D eigenvalue weighted by atomic mass is 35.5. The second kappa shape index (κ2) is 9.88. The van der Waals surface area contributed by atoms with Crippen LogP contribution in [0.5, 0.6) is 5.75 Å². The number of rotatable bonds is 7. The van der Waals surface area contributed by atoms with Crippen molar-refractivity contribution in [3.05, 3.63) is 52.3 Å². The Balaban J connectivity index is 1.64. The van der Waals surface area contributed by atoms with Gasteiger partial charge >= 0.3 is 0 Å². The molecule has 7 nitrogen and oxygen atoms in total. The monoisotopic (exact) mass is 491 g/mol. The number of anilines is 1. The smallest absolute Gasteiger partial charge is 0.165 e. The fourth-order valence-corrected chi connectivity index (χ4v) is 5.44. The van der Waals surface area contributed by atoms with E-state index in [1.807, 2.05) is 29.6 Å². The molecule has 2 unspecified atom stereocenters. The number of aryl methyl sites for hydroxylation is 1. The Hall–Kier alpha value is -3.08. The van der Waals surface area contributed by atoms with Crippen molar-refractivity contribution in [3.8, 4) is 22.9 Å². The molecule has 35 heavy (non-hydrogen) atoms. The number of allylic oxidation sites excluding steroid dienone is 1. The van der Waals surface area contributed by atoms with Crippen LogP contribution in [0.25, 0.3) is 16.8 Å². The van der Waals surface area contributed by atoms with Crippen molar-refractivity contribution in [2.45, 2.75) is 46.3 Å². The van der Waals surface area contributed by atoms with Gasteiger partial charge in [0.2, 0.25) is 0 Å². The number of benzene rings is 1. The lowest BCUT2D eigenvalue weighted by Crippen LogP contribution is -2.33. The highest BCUT2D eigenvalue weighted by Crippen LogP contribution is 2.39. The molecule has 0 amide bonds. The molecule has 182 valence electrons. The zero-order chi connectivity index (χ0) is 24.5. The number of halogens is 1. The summed E-state index contributed by atoms with van der Waals surface area (Å²) in [5.41, 5.74) is 5.55. The second-order valence-corrected chi connectivity index (χ2v) is 9.71. The largest absolute Gasteiger partial charge is 0.497 e. The summed E-state index contributed by atoms with van der Waals surface area (Å²) >= 11 is 6.68. The number of hydrogen-bond donors (Lipinski definition) is 0. The Bertz CT molecular complexity index is 1330. The first-order valence-corrected chi connectivity index (χ1v) is 12.6. The summed E-state index contributed by atoms with van der Waals surface area (Å²) in [5, 5.41) is 14.8. The maximum absolute atomic E-state index is 9.26. The number of ether oxygens (including phenoxy) is 2. The summed E-state index contributed by atoms with van der Waals surface area (Å²) in [4.78, 5) is 7.44. The molecule has 1 aliphatic carbocycles. The molecule has 0 radical (unpaired) electrons. The molecule has 3 aromatic rings. The highest BCUT2D eigenvalue weighted by Gasteiger charge is 2.29. The maximum Gasteiger partial charge on any atom is 0.165 e. The minimum absolute atomic E-state index is 0.0294. The van der Waals surface area contributed by atoms with Crippen molar-refractivity contribution in [1.29, 1.82) is 5.26 Å². The Labute approximate surface area is 210 Å². The fraction of sp³-hybridized carbons (Fsp3) is 0.444. The number of aromatic nitrogens is 3. The van der Waals surface area contributed by atoms with Crippen LogP contribution in [-0.4, -0.2) is 34.8 Å². The van der Waals surface area contributed by atoms with Crippen LogP contribution in [0.3, 0.4) is 0 Å². The first-order chi connectivity index (χ1) is 17.0. The van der Waals surface area contributed by atoms with Crippen molar-refractivity contribution in [2.75, 3.05) is 25.1 Å². The van der Waals surface area contributed by atoms with Crippen LogP contribution < -0.4 is 9.64 Å². The summed E-state index contributed by atoms with van der Waals surface area (Å²) < 4.78 is 13.2. The normalized spacial score (nSPS) is 19.1. The predicted octanol–water partition coefficient (Wildman–Crippen LogP) is 5.72. The van der Waals surface area contributed by atoms with E-state index >= 15 is 0 Å². The number of nitriles is 1. The number of methoxy groups -OCH3 is 1. The van der Waals surface area contributed by atoms with Gasteiger partial charge in [-0.15, -0.1) is 0 Å². The van der Waals surface area contributed by atoms with Crippen LogP contribution in [0.15, 0.2) is 30.4 Å². The van der Waals surface area contributed by atoms with E-state index in [0.717, 1.165) is 71.9 Å².